The Morgan fingerprint density at radius 1 is 1.46 bits per heavy atom. The summed E-state index contributed by atoms with van der Waals surface area (Å²) < 4.78 is 17.4. The number of hydrogen-bond donors (Lipinski definition) is 1. The van der Waals surface area contributed by atoms with Gasteiger partial charge in [-0.1, -0.05) is 11.6 Å². The number of rotatable bonds is 6. The van der Waals surface area contributed by atoms with E-state index in [1.165, 1.54) is 12.1 Å². The summed E-state index contributed by atoms with van der Waals surface area (Å²) in [5.74, 6) is -0.811. The first-order valence-electron chi connectivity index (χ1n) is 8.55. The van der Waals surface area contributed by atoms with Crippen LogP contribution in [0.2, 0.25) is 5.02 Å². The molecule has 1 atom stereocenters. The molecule has 1 amide bonds. The molecule has 2 heterocycles. The number of aromatic nitrogens is 4. The summed E-state index contributed by atoms with van der Waals surface area (Å²) in [5, 5.41) is 16.2. The largest absolute Gasteiger partial charge is 0.351 e. The number of benzene rings is 1. The third-order valence-corrected chi connectivity index (χ3v) is 4.36. The van der Waals surface area contributed by atoms with Crippen LogP contribution in [0.15, 0.2) is 36.9 Å². The molecule has 0 bridgehead atoms. The van der Waals surface area contributed by atoms with Crippen LogP contribution in [0, 0.1) is 17.1 Å². The maximum Gasteiger partial charge on any atom is 0.226 e. The number of nitrogens with zero attached hydrogens (tertiary/aromatic N) is 5. The number of aryl methyl sites for hydroxylation is 1. The van der Waals surface area contributed by atoms with Gasteiger partial charge in [-0.15, -0.1) is 0 Å². The van der Waals surface area contributed by atoms with Crippen molar-refractivity contribution in [3.63, 3.8) is 0 Å². The van der Waals surface area contributed by atoms with Gasteiger partial charge in [0.05, 0.1) is 35.7 Å². The van der Waals surface area contributed by atoms with E-state index in [-0.39, 0.29) is 29.0 Å². The molecule has 9 heteroatoms. The molecular formula is C19H18ClFN6O. The van der Waals surface area contributed by atoms with Gasteiger partial charge in [-0.05, 0) is 25.1 Å². The van der Waals surface area contributed by atoms with Crippen LogP contribution in [0.3, 0.4) is 0 Å². The fraction of sp³-hybridized carbons (Fsp3) is 0.263. The third kappa shape index (κ3) is 4.56. The molecule has 0 aliphatic rings. The molecule has 1 aromatic carbocycles. The minimum Gasteiger partial charge on any atom is -0.351 e. The van der Waals surface area contributed by atoms with Gasteiger partial charge >= 0.3 is 0 Å². The van der Waals surface area contributed by atoms with Crippen LogP contribution in [0.25, 0.3) is 11.3 Å². The Labute approximate surface area is 166 Å². The predicted molar refractivity (Wildman–Crippen MR) is 102 cm³/mol. The van der Waals surface area contributed by atoms with Gasteiger partial charge in [-0.25, -0.2) is 9.37 Å². The lowest BCUT2D eigenvalue weighted by molar-refractivity contribution is -0.121. The Hall–Kier alpha value is -3.18. The van der Waals surface area contributed by atoms with Gasteiger partial charge in [-0.3, -0.25) is 9.48 Å². The average molecular weight is 401 g/mol. The molecule has 0 saturated heterocycles. The van der Waals surface area contributed by atoms with Crippen molar-refractivity contribution < 1.29 is 9.18 Å². The Kier molecular flexibility index (Phi) is 5.76. The van der Waals surface area contributed by atoms with Gasteiger partial charge in [0, 0.05) is 31.0 Å². The summed E-state index contributed by atoms with van der Waals surface area (Å²) in [5.41, 5.74) is 1.52. The van der Waals surface area contributed by atoms with E-state index in [4.69, 9.17) is 16.9 Å². The van der Waals surface area contributed by atoms with Crippen LogP contribution in [0.5, 0.6) is 0 Å². The Bertz CT molecular complexity index is 1030. The van der Waals surface area contributed by atoms with Crippen molar-refractivity contribution in [3.8, 4) is 17.3 Å². The number of hydrogen-bond acceptors (Lipinski definition) is 4. The number of amides is 1. The second kappa shape index (κ2) is 8.23. The summed E-state index contributed by atoms with van der Waals surface area (Å²) in [7, 11) is 1.85. The molecule has 0 unspecified atom stereocenters. The summed E-state index contributed by atoms with van der Waals surface area (Å²) in [6, 6.07) is 6.03. The molecule has 3 aromatic rings. The normalized spacial score (nSPS) is 11.8. The summed E-state index contributed by atoms with van der Waals surface area (Å²) in [6.45, 7) is 2.32. The second-order valence-electron chi connectivity index (χ2n) is 6.53. The molecular weight excluding hydrogens is 383 g/mol. The van der Waals surface area contributed by atoms with E-state index < -0.39 is 5.82 Å². The number of imidazole rings is 1. The van der Waals surface area contributed by atoms with Gasteiger partial charge in [0.1, 0.15) is 17.4 Å². The smallest absolute Gasteiger partial charge is 0.226 e. The number of carbonyl (C=O) groups excluding carboxylic acids is 1. The zero-order valence-electron chi connectivity index (χ0n) is 15.4. The number of halogens is 2. The zero-order chi connectivity index (χ0) is 20.3. The van der Waals surface area contributed by atoms with E-state index in [0.717, 1.165) is 0 Å². The molecule has 0 fully saturated rings. The second-order valence-corrected chi connectivity index (χ2v) is 6.93. The van der Waals surface area contributed by atoms with Crippen LogP contribution in [-0.4, -0.2) is 31.3 Å². The van der Waals surface area contributed by atoms with Gasteiger partial charge in [0.25, 0.3) is 0 Å². The minimum atomic E-state index is -0.685. The van der Waals surface area contributed by atoms with Gasteiger partial charge in [-0.2, -0.15) is 10.4 Å². The standard InChI is InChI=1S/C19H18ClFN6O/c1-12(24-19(28)7-14-10-26(2)11-23-14)9-27-4-3-18(25-27)13-5-16(20)15(8-22)17(21)6-13/h3-6,10-12H,7,9H2,1-2H3,(H,24,28)/t12-/m0/s1. The third-order valence-electron chi connectivity index (χ3n) is 4.06. The fourth-order valence-corrected chi connectivity index (χ4v) is 3.07. The molecule has 3 rings (SSSR count). The van der Waals surface area contributed by atoms with Crippen LogP contribution in [0.4, 0.5) is 4.39 Å². The molecule has 0 radical (unpaired) electrons. The fourth-order valence-electron chi connectivity index (χ4n) is 2.82. The first-order chi connectivity index (χ1) is 13.4. The highest BCUT2D eigenvalue weighted by Gasteiger charge is 2.14. The molecule has 28 heavy (non-hydrogen) atoms. The molecule has 2 aromatic heterocycles. The SMILES string of the molecule is C[C@@H](Cn1ccc(-c2cc(F)c(C#N)c(Cl)c2)n1)NC(=O)Cc1cn(C)cn1. The maximum absolute atomic E-state index is 13.9. The molecule has 0 spiro atoms. The van der Waals surface area contributed by atoms with E-state index >= 15 is 0 Å². The monoisotopic (exact) mass is 400 g/mol. The van der Waals surface area contributed by atoms with Crippen molar-refractivity contribution in [1.29, 1.82) is 5.26 Å². The molecule has 0 aliphatic carbocycles. The van der Waals surface area contributed by atoms with E-state index in [9.17, 15) is 9.18 Å². The van der Waals surface area contributed by atoms with Crippen LogP contribution in [-0.2, 0) is 24.8 Å². The topological polar surface area (TPSA) is 88.5 Å². The highest BCUT2D eigenvalue weighted by Crippen LogP contribution is 2.26. The lowest BCUT2D eigenvalue weighted by atomic mass is 10.1. The number of carbonyl (C=O) groups is 1. The predicted octanol–water partition coefficient (Wildman–Crippen LogP) is 2.70. The van der Waals surface area contributed by atoms with Crippen molar-refractivity contribution in [1.82, 2.24) is 24.6 Å². The number of nitrogens with one attached hydrogen (secondary N) is 1. The van der Waals surface area contributed by atoms with Gasteiger partial charge < -0.3 is 9.88 Å². The molecule has 0 saturated carbocycles. The van der Waals surface area contributed by atoms with Crippen molar-refractivity contribution in [2.45, 2.75) is 25.9 Å². The minimum absolute atomic E-state index is 0.0437. The lowest BCUT2D eigenvalue weighted by Gasteiger charge is -2.13. The van der Waals surface area contributed by atoms with Crippen molar-refractivity contribution in [2.75, 3.05) is 0 Å². The first kappa shape index (κ1) is 19.6. The van der Waals surface area contributed by atoms with Crippen LogP contribution < -0.4 is 5.32 Å². The maximum atomic E-state index is 13.9. The van der Waals surface area contributed by atoms with Crippen LogP contribution in [0.1, 0.15) is 18.2 Å². The zero-order valence-corrected chi connectivity index (χ0v) is 16.1. The summed E-state index contributed by atoms with van der Waals surface area (Å²) in [4.78, 5) is 16.2. The summed E-state index contributed by atoms with van der Waals surface area (Å²) >= 11 is 5.95. The van der Waals surface area contributed by atoms with Crippen LogP contribution >= 0.6 is 11.6 Å². The quantitative estimate of drug-likeness (QED) is 0.689. The highest BCUT2D eigenvalue weighted by molar-refractivity contribution is 6.32. The van der Waals surface area contributed by atoms with E-state index in [2.05, 4.69) is 15.4 Å². The summed E-state index contributed by atoms with van der Waals surface area (Å²) in [6.07, 6.45) is 5.39. The molecule has 7 nitrogen and oxygen atoms in total. The molecule has 0 aliphatic heterocycles. The Morgan fingerprint density at radius 2 is 2.25 bits per heavy atom. The number of nitriles is 1. The lowest BCUT2D eigenvalue weighted by Crippen LogP contribution is -2.36. The average Bonchev–Trinajstić information content (AvgIpc) is 3.23. The van der Waals surface area contributed by atoms with Gasteiger partial charge in [0.2, 0.25) is 5.91 Å². The highest BCUT2D eigenvalue weighted by atomic mass is 35.5. The van der Waals surface area contributed by atoms with Crippen molar-refractivity contribution in [3.05, 3.63) is 59.0 Å². The van der Waals surface area contributed by atoms with Crippen molar-refractivity contribution in [2.24, 2.45) is 7.05 Å². The Morgan fingerprint density at radius 3 is 2.89 bits per heavy atom. The first-order valence-corrected chi connectivity index (χ1v) is 8.92. The van der Waals surface area contributed by atoms with E-state index in [1.807, 2.05) is 14.0 Å². The van der Waals surface area contributed by atoms with E-state index in [1.54, 1.807) is 40.1 Å². The van der Waals surface area contributed by atoms with Crippen molar-refractivity contribution >= 4 is 17.5 Å². The molecule has 1 N–H and O–H groups in total. The Balaban J connectivity index is 1.62. The van der Waals surface area contributed by atoms with Gasteiger partial charge in [0.15, 0.2) is 0 Å². The molecule has 144 valence electrons. The van der Waals surface area contributed by atoms with E-state index in [0.29, 0.717) is 23.5 Å².